The minimum absolute atomic E-state index is 0.0996. The summed E-state index contributed by atoms with van der Waals surface area (Å²) in [5, 5.41) is 3.80. The van der Waals surface area contributed by atoms with Crippen LogP contribution in [0.1, 0.15) is 70.7 Å². The lowest BCUT2D eigenvalue weighted by molar-refractivity contribution is 0.0635. The van der Waals surface area contributed by atoms with Gasteiger partial charge in [0.25, 0.3) is 11.8 Å². The summed E-state index contributed by atoms with van der Waals surface area (Å²) in [6.45, 7) is 5.21. The van der Waals surface area contributed by atoms with Crippen molar-refractivity contribution >= 4 is 28.2 Å². The molecule has 1 N–H and O–H groups in total. The summed E-state index contributed by atoms with van der Waals surface area (Å²) in [7, 11) is 0. The van der Waals surface area contributed by atoms with Gasteiger partial charge in [0, 0.05) is 23.0 Å². The SMILES string of the molecule is C[C@H]1CCc2c(sc(NC(=O)c3ccccc3)c2C(=O)N2CCCC[C@@H]2C)C1. The van der Waals surface area contributed by atoms with Crippen LogP contribution in [0, 0.1) is 5.92 Å². The maximum atomic E-state index is 13.5. The molecule has 2 aromatic rings. The second-order valence-electron chi connectivity index (χ2n) is 8.22. The van der Waals surface area contributed by atoms with E-state index in [4.69, 9.17) is 0 Å². The number of fused-ring (bicyclic) bond motifs is 1. The highest BCUT2D eigenvalue weighted by Crippen LogP contribution is 2.41. The van der Waals surface area contributed by atoms with Gasteiger partial charge in [-0.1, -0.05) is 25.1 Å². The van der Waals surface area contributed by atoms with E-state index in [1.54, 1.807) is 23.5 Å². The predicted octanol–water partition coefficient (Wildman–Crippen LogP) is 5.14. The summed E-state index contributed by atoms with van der Waals surface area (Å²) in [5.41, 5.74) is 2.55. The first kappa shape index (κ1) is 19.2. The molecule has 5 heteroatoms. The Morgan fingerprint density at radius 2 is 1.89 bits per heavy atom. The fourth-order valence-corrected chi connectivity index (χ4v) is 5.77. The minimum Gasteiger partial charge on any atom is -0.336 e. The van der Waals surface area contributed by atoms with Gasteiger partial charge in [-0.25, -0.2) is 0 Å². The molecule has 2 aliphatic rings. The van der Waals surface area contributed by atoms with Crippen molar-refractivity contribution < 1.29 is 9.59 Å². The smallest absolute Gasteiger partial charge is 0.257 e. The zero-order chi connectivity index (χ0) is 19.7. The second kappa shape index (κ2) is 8.08. The van der Waals surface area contributed by atoms with Gasteiger partial charge in [0.2, 0.25) is 0 Å². The number of likely N-dealkylation sites (tertiary alicyclic amines) is 1. The molecule has 1 saturated heterocycles. The molecular weight excluding hydrogens is 368 g/mol. The standard InChI is InChI=1S/C23H28N2O2S/c1-15-11-12-18-19(14-15)28-22(24-21(26)17-9-4-3-5-10-17)20(18)23(27)25-13-7-6-8-16(25)2/h3-5,9-10,15-16H,6-8,11-14H2,1-2H3,(H,24,26)/t15-,16-/m0/s1. The summed E-state index contributed by atoms with van der Waals surface area (Å²) in [5.74, 6) is 0.580. The third-order valence-corrected chi connectivity index (χ3v) is 7.22. The van der Waals surface area contributed by atoms with Gasteiger partial charge < -0.3 is 10.2 Å². The van der Waals surface area contributed by atoms with E-state index in [0.29, 0.717) is 11.5 Å². The van der Waals surface area contributed by atoms with E-state index >= 15 is 0 Å². The van der Waals surface area contributed by atoms with Gasteiger partial charge in [-0.3, -0.25) is 9.59 Å². The molecule has 2 heterocycles. The quantitative estimate of drug-likeness (QED) is 0.781. The number of thiophene rings is 1. The maximum Gasteiger partial charge on any atom is 0.257 e. The number of rotatable bonds is 3. The van der Waals surface area contributed by atoms with Gasteiger partial charge in [-0.15, -0.1) is 11.3 Å². The van der Waals surface area contributed by atoms with Gasteiger partial charge in [-0.2, -0.15) is 0 Å². The van der Waals surface area contributed by atoms with E-state index < -0.39 is 0 Å². The number of nitrogens with one attached hydrogen (secondary N) is 1. The van der Waals surface area contributed by atoms with Crippen LogP contribution in [0.2, 0.25) is 0 Å². The number of anilines is 1. The third kappa shape index (κ3) is 3.72. The molecule has 148 valence electrons. The lowest BCUT2D eigenvalue weighted by Gasteiger charge is -2.34. The number of amides is 2. The van der Waals surface area contributed by atoms with Crippen molar-refractivity contribution in [2.24, 2.45) is 5.92 Å². The van der Waals surface area contributed by atoms with Crippen molar-refractivity contribution in [1.82, 2.24) is 4.90 Å². The van der Waals surface area contributed by atoms with E-state index in [1.807, 2.05) is 23.1 Å². The van der Waals surface area contributed by atoms with Crippen LogP contribution in [-0.2, 0) is 12.8 Å². The molecule has 1 aromatic heterocycles. The molecule has 0 saturated carbocycles. The average Bonchev–Trinajstić information content (AvgIpc) is 3.05. The Labute approximate surface area is 170 Å². The first-order valence-corrected chi connectivity index (χ1v) is 11.2. The predicted molar refractivity (Wildman–Crippen MR) is 114 cm³/mol. The minimum atomic E-state index is -0.145. The Bertz CT molecular complexity index is 874. The van der Waals surface area contributed by atoms with E-state index in [0.717, 1.165) is 49.2 Å². The lowest BCUT2D eigenvalue weighted by Crippen LogP contribution is -2.42. The summed E-state index contributed by atoms with van der Waals surface area (Å²) in [6.07, 6.45) is 6.33. The van der Waals surface area contributed by atoms with Crippen LogP contribution in [0.5, 0.6) is 0 Å². The Hall–Kier alpha value is -2.14. The number of nitrogens with zero attached hydrogens (tertiary/aromatic N) is 1. The Kier molecular flexibility index (Phi) is 5.54. The molecule has 0 unspecified atom stereocenters. The summed E-state index contributed by atoms with van der Waals surface area (Å²) in [4.78, 5) is 29.6. The molecule has 4 nitrogen and oxygen atoms in total. The number of carbonyl (C=O) groups is 2. The number of hydrogen-bond donors (Lipinski definition) is 1. The van der Waals surface area contributed by atoms with E-state index in [2.05, 4.69) is 19.2 Å². The Morgan fingerprint density at radius 3 is 2.64 bits per heavy atom. The summed E-state index contributed by atoms with van der Waals surface area (Å²) < 4.78 is 0. The highest BCUT2D eigenvalue weighted by atomic mass is 32.1. The average molecular weight is 397 g/mol. The largest absolute Gasteiger partial charge is 0.336 e. The number of piperidine rings is 1. The maximum absolute atomic E-state index is 13.5. The van der Waals surface area contributed by atoms with Gasteiger partial charge in [0.15, 0.2) is 0 Å². The molecule has 0 spiro atoms. The highest BCUT2D eigenvalue weighted by Gasteiger charge is 2.33. The van der Waals surface area contributed by atoms with Gasteiger partial charge >= 0.3 is 0 Å². The molecule has 2 atom stereocenters. The monoisotopic (exact) mass is 396 g/mol. The Morgan fingerprint density at radius 1 is 1.11 bits per heavy atom. The van der Waals surface area contributed by atoms with Crippen LogP contribution in [0.3, 0.4) is 0 Å². The molecule has 4 rings (SSSR count). The van der Waals surface area contributed by atoms with Gasteiger partial charge in [0.05, 0.1) is 5.56 Å². The van der Waals surface area contributed by atoms with Crippen LogP contribution in [0.15, 0.2) is 30.3 Å². The number of hydrogen-bond acceptors (Lipinski definition) is 3. The molecule has 0 bridgehead atoms. The van der Waals surface area contributed by atoms with E-state index in [1.165, 1.54) is 16.9 Å². The van der Waals surface area contributed by atoms with Crippen molar-refractivity contribution in [3.63, 3.8) is 0 Å². The summed E-state index contributed by atoms with van der Waals surface area (Å²) in [6, 6.07) is 9.49. The third-order valence-electron chi connectivity index (χ3n) is 6.05. The van der Waals surface area contributed by atoms with Crippen molar-refractivity contribution in [2.75, 3.05) is 11.9 Å². The van der Waals surface area contributed by atoms with Crippen molar-refractivity contribution in [3.05, 3.63) is 51.9 Å². The van der Waals surface area contributed by atoms with E-state index in [-0.39, 0.29) is 17.9 Å². The normalized spacial score (nSPS) is 21.9. The number of benzene rings is 1. The molecule has 28 heavy (non-hydrogen) atoms. The molecule has 2 amide bonds. The molecule has 1 aliphatic heterocycles. The fraction of sp³-hybridized carbons (Fsp3) is 0.478. The zero-order valence-electron chi connectivity index (χ0n) is 16.7. The van der Waals surface area contributed by atoms with E-state index in [9.17, 15) is 9.59 Å². The van der Waals surface area contributed by atoms with Gasteiger partial charge in [0.1, 0.15) is 5.00 Å². The van der Waals surface area contributed by atoms with Crippen LogP contribution in [0.4, 0.5) is 5.00 Å². The van der Waals surface area contributed by atoms with Crippen LogP contribution < -0.4 is 5.32 Å². The fourth-order valence-electron chi connectivity index (χ4n) is 4.37. The highest BCUT2D eigenvalue weighted by molar-refractivity contribution is 7.17. The summed E-state index contributed by atoms with van der Waals surface area (Å²) >= 11 is 1.60. The first-order chi connectivity index (χ1) is 13.5. The zero-order valence-corrected chi connectivity index (χ0v) is 17.5. The van der Waals surface area contributed by atoms with Crippen molar-refractivity contribution in [3.8, 4) is 0 Å². The molecule has 0 radical (unpaired) electrons. The van der Waals surface area contributed by atoms with Crippen molar-refractivity contribution in [1.29, 1.82) is 0 Å². The lowest BCUT2D eigenvalue weighted by atomic mass is 9.88. The topological polar surface area (TPSA) is 49.4 Å². The second-order valence-corrected chi connectivity index (χ2v) is 9.32. The van der Waals surface area contributed by atoms with Crippen LogP contribution in [0.25, 0.3) is 0 Å². The molecule has 1 aliphatic carbocycles. The molecular formula is C23H28N2O2S. The first-order valence-electron chi connectivity index (χ1n) is 10.4. The Balaban J connectivity index is 1.69. The molecule has 1 fully saturated rings. The number of carbonyl (C=O) groups excluding carboxylic acids is 2. The van der Waals surface area contributed by atoms with Crippen LogP contribution >= 0.6 is 11.3 Å². The van der Waals surface area contributed by atoms with Crippen molar-refractivity contribution in [2.45, 2.75) is 58.4 Å². The van der Waals surface area contributed by atoms with Gasteiger partial charge in [-0.05, 0) is 69.1 Å². The van der Waals surface area contributed by atoms with Crippen LogP contribution in [-0.4, -0.2) is 29.3 Å². The molecule has 1 aromatic carbocycles.